The van der Waals surface area contributed by atoms with E-state index >= 15 is 0 Å². The largest absolute Gasteiger partial charge is 0.397 e. The number of rotatable bonds is 5. The summed E-state index contributed by atoms with van der Waals surface area (Å²) < 4.78 is 4.92. The molecule has 3 N–H and O–H groups in total. The van der Waals surface area contributed by atoms with E-state index in [0.717, 1.165) is 25.3 Å². The quantitative estimate of drug-likeness (QED) is 0.668. The van der Waals surface area contributed by atoms with Crippen molar-refractivity contribution in [3.05, 3.63) is 18.5 Å². The van der Waals surface area contributed by atoms with E-state index in [0.29, 0.717) is 5.69 Å². The van der Waals surface area contributed by atoms with Crippen molar-refractivity contribution in [3.63, 3.8) is 0 Å². The molecule has 0 spiro atoms. The summed E-state index contributed by atoms with van der Waals surface area (Å²) in [5, 5.41) is 3.20. The van der Waals surface area contributed by atoms with Crippen LogP contribution >= 0.6 is 0 Å². The monoisotopic (exact) mass is 181 g/mol. The second-order valence-electron chi connectivity index (χ2n) is 2.78. The Balaban J connectivity index is 2.28. The zero-order valence-electron chi connectivity index (χ0n) is 7.79. The summed E-state index contributed by atoms with van der Waals surface area (Å²) >= 11 is 0. The van der Waals surface area contributed by atoms with E-state index in [1.807, 2.05) is 6.07 Å². The first-order chi connectivity index (χ1) is 6.33. The highest BCUT2D eigenvalue weighted by atomic mass is 16.5. The highest BCUT2D eigenvalue weighted by Crippen LogP contribution is 2.08. The third kappa shape index (κ3) is 3.75. The van der Waals surface area contributed by atoms with E-state index in [1.54, 1.807) is 19.5 Å². The van der Waals surface area contributed by atoms with Crippen molar-refractivity contribution in [2.45, 2.75) is 6.42 Å². The van der Waals surface area contributed by atoms with Gasteiger partial charge in [-0.05, 0) is 12.5 Å². The van der Waals surface area contributed by atoms with E-state index in [9.17, 15) is 0 Å². The SMILES string of the molecule is COCCCNc1cncc(N)c1. The molecule has 4 nitrogen and oxygen atoms in total. The van der Waals surface area contributed by atoms with Gasteiger partial charge in [-0.25, -0.2) is 0 Å². The van der Waals surface area contributed by atoms with Crippen LogP contribution in [0.3, 0.4) is 0 Å². The molecule has 0 saturated heterocycles. The van der Waals surface area contributed by atoms with E-state index in [-0.39, 0.29) is 0 Å². The van der Waals surface area contributed by atoms with Gasteiger partial charge in [0.25, 0.3) is 0 Å². The molecule has 0 amide bonds. The second-order valence-corrected chi connectivity index (χ2v) is 2.78. The van der Waals surface area contributed by atoms with Crippen LogP contribution in [0.2, 0.25) is 0 Å². The third-order valence-electron chi connectivity index (χ3n) is 1.61. The Bertz CT molecular complexity index is 252. The van der Waals surface area contributed by atoms with Gasteiger partial charge in [-0.15, -0.1) is 0 Å². The Labute approximate surface area is 78.1 Å². The Kier molecular flexibility index (Phi) is 4.05. The Morgan fingerprint density at radius 1 is 1.54 bits per heavy atom. The van der Waals surface area contributed by atoms with Gasteiger partial charge in [0.1, 0.15) is 0 Å². The molecule has 1 rings (SSSR count). The molecule has 0 unspecified atom stereocenters. The molecule has 0 atom stereocenters. The number of aromatic nitrogens is 1. The van der Waals surface area contributed by atoms with Crippen LogP contribution in [0.25, 0.3) is 0 Å². The average molecular weight is 181 g/mol. The van der Waals surface area contributed by atoms with E-state index in [1.165, 1.54) is 0 Å². The van der Waals surface area contributed by atoms with E-state index < -0.39 is 0 Å². The van der Waals surface area contributed by atoms with Crippen LogP contribution < -0.4 is 11.1 Å². The molecule has 4 heteroatoms. The molecule has 72 valence electrons. The lowest BCUT2D eigenvalue weighted by Crippen LogP contribution is -2.05. The third-order valence-corrected chi connectivity index (χ3v) is 1.61. The highest BCUT2D eigenvalue weighted by molar-refractivity contribution is 5.51. The topological polar surface area (TPSA) is 60.2 Å². The summed E-state index contributed by atoms with van der Waals surface area (Å²) in [6.45, 7) is 1.64. The molecule has 0 saturated carbocycles. The van der Waals surface area contributed by atoms with Crippen LogP contribution in [0.5, 0.6) is 0 Å². The fraction of sp³-hybridized carbons (Fsp3) is 0.444. The van der Waals surface area contributed by atoms with Crippen molar-refractivity contribution >= 4 is 11.4 Å². The van der Waals surface area contributed by atoms with Crippen LogP contribution in [0, 0.1) is 0 Å². The molecule has 13 heavy (non-hydrogen) atoms. The molecule has 0 aliphatic carbocycles. The number of methoxy groups -OCH3 is 1. The first kappa shape index (κ1) is 9.80. The van der Waals surface area contributed by atoms with Crippen LogP contribution in [-0.4, -0.2) is 25.2 Å². The lowest BCUT2D eigenvalue weighted by Gasteiger charge is -2.05. The van der Waals surface area contributed by atoms with Crippen LogP contribution in [0.4, 0.5) is 11.4 Å². The molecule has 1 aromatic rings. The van der Waals surface area contributed by atoms with Crippen LogP contribution in [0.1, 0.15) is 6.42 Å². The normalized spacial score (nSPS) is 9.92. The standard InChI is InChI=1S/C9H15N3O/c1-13-4-2-3-12-9-5-8(10)6-11-7-9/h5-7,12H,2-4,10H2,1H3. The Morgan fingerprint density at radius 2 is 2.38 bits per heavy atom. The summed E-state index contributed by atoms with van der Waals surface area (Å²) in [7, 11) is 1.70. The van der Waals surface area contributed by atoms with Crippen molar-refractivity contribution in [1.29, 1.82) is 0 Å². The van der Waals surface area contributed by atoms with Crippen molar-refractivity contribution in [1.82, 2.24) is 4.98 Å². The Hall–Kier alpha value is -1.29. The molecule has 0 aliphatic rings. The highest BCUT2D eigenvalue weighted by Gasteiger charge is 1.92. The maximum Gasteiger partial charge on any atom is 0.0547 e. The minimum atomic E-state index is 0.678. The molecular weight excluding hydrogens is 166 g/mol. The minimum Gasteiger partial charge on any atom is -0.397 e. The van der Waals surface area contributed by atoms with Crippen LogP contribution in [-0.2, 0) is 4.74 Å². The number of nitrogens with one attached hydrogen (secondary N) is 1. The average Bonchev–Trinajstić information content (AvgIpc) is 2.13. The number of pyridine rings is 1. The number of hydrogen-bond donors (Lipinski definition) is 2. The predicted octanol–water partition coefficient (Wildman–Crippen LogP) is 1.11. The number of hydrogen-bond acceptors (Lipinski definition) is 4. The van der Waals surface area contributed by atoms with Crippen LogP contribution in [0.15, 0.2) is 18.5 Å². The molecule has 1 heterocycles. The number of nitrogens with two attached hydrogens (primary N) is 1. The van der Waals surface area contributed by atoms with Gasteiger partial charge in [-0.1, -0.05) is 0 Å². The fourth-order valence-electron chi connectivity index (χ4n) is 1.00. The first-order valence-electron chi connectivity index (χ1n) is 4.26. The summed E-state index contributed by atoms with van der Waals surface area (Å²) in [6.07, 6.45) is 4.36. The van der Waals surface area contributed by atoms with Gasteiger partial charge in [0.05, 0.1) is 17.6 Å². The number of ether oxygens (including phenoxy) is 1. The van der Waals surface area contributed by atoms with Crippen molar-refractivity contribution in [2.75, 3.05) is 31.3 Å². The summed E-state index contributed by atoms with van der Waals surface area (Å²) in [4.78, 5) is 3.96. The fourth-order valence-corrected chi connectivity index (χ4v) is 1.00. The smallest absolute Gasteiger partial charge is 0.0547 e. The Morgan fingerprint density at radius 3 is 3.08 bits per heavy atom. The molecule has 0 fully saturated rings. The summed E-state index contributed by atoms with van der Waals surface area (Å²) in [5.41, 5.74) is 7.19. The zero-order valence-corrected chi connectivity index (χ0v) is 7.79. The van der Waals surface area contributed by atoms with E-state index in [2.05, 4.69) is 10.3 Å². The second kappa shape index (κ2) is 5.37. The first-order valence-corrected chi connectivity index (χ1v) is 4.26. The summed E-state index contributed by atoms with van der Waals surface area (Å²) in [6, 6.07) is 1.86. The predicted molar refractivity (Wildman–Crippen MR) is 53.6 cm³/mol. The molecule has 0 aromatic carbocycles. The summed E-state index contributed by atoms with van der Waals surface area (Å²) in [5.74, 6) is 0. The molecule has 1 aromatic heterocycles. The molecule has 0 aliphatic heterocycles. The zero-order chi connectivity index (χ0) is 9.52. The molecule has 0 bridgehead atoms. The van der Waals surface area contributed by atoms with Gasteiger partial charge >= 0.3 is 0 Å². The van der Waals surface area contributed by atoms with Crippen molar-refractivity contribution in [2.24, 2.45) is 0 Å². The number of nitrogens with zero attached hydrogens (tertiary/aromatic N) is 1. The van der Waals surface area contributed by atoms with Gasteiger partial charge in [-0.2, -0.15) is 0 Å². The van der Waals surface area contributed by atoms with E-state index in [4.69, 9.17) is 10.5 Å². The maximum absolute atomic E-state index is 5.56. The van der Waals surface area contributed by atoms with Gasteiger partial charge in [-0.3, -0.25) is 4.98 Å². The lowest BCUT2D eigenvalue weighted by molar-refractivity contribution is 0.198. The van der Waals surface area contributed by atoms with Gasteiger partial charge < -0.3 is 15.8 Å². The molecule has 0 radical (unpaired) electrons. The van der Waals surface area contributed by atoms with Crippen molar-refractivity contribution in [3.8, 4) is 0 Å². The molecular formula is C9H15N3O. The van der Waals surface area contributed by atoms with Gasteiger partial charge in [0.2, 0.25) is 0 Å². The van der Waals surface area contributed by atoms with Gasteiger partial charge in [0, 0.05) is 26.5 Å². The number of nitrogen functional groups attached to an aromatic ring is 1. The number of anilines is 2. The maximum atomic E-state index is 5.56. The minimum absolute atomic E-state index is 0.678. The van der Waals surface area contributed by atoms with Crippen molar-refractivity contribution < 1.29 is 4.74 Å². The van der Waals surface area contributed by atoms with Gasteiger partial charge in [0.15, 0.2) is 0 Å². The lowest BCUT2D eigenvalue weighted by atomic mass is 10.3.